The number of aliphatic imine (C=N–C) groups is 2. The van der Waals surface area contributed by atoms with Crippen molar-refractivity contribution in [2.75, 3.05) is 35.2 Å². The van der Waals surface area contributed by atoms with Gasteiger partial charge < -0.3 is 10.6 Å². The zero-order chi connectivity index (χ0) is 23.3. The number of thioether (sulfide) groups is 2. The van der Waals surface area contributed by atoms with E-state index < -0.39 is 0 Å². The van der Waals surface area contributed by atoms with Crippen molar-refractivity contribution < 1.29 is 9.59 Å². The first-order chi connectivity index (χ1) is 16.7. The van der Waals surface area contributed by atoms with Crippen LogP contribution in [0.4, 0.5) is 11.4 Å². The maximum Gasteiger partial charge on any atom is 0.255 e. The number of nitrogens with one attached hydrogen (secondary N) is 2. The van der Waals surface area contributed by atoms with Gasteiger partial charge in [0.2, 0.25) is 0 Å². The van der Waals surface area contributed by atoms with E-state index in [9.17, 15) is 9.59 Å². The van der Waals surface area contributed by atoms with E-state index in [2.05, 4.69) is 20.6 Å². The van der Waals surface area contributed by atoms with Crippen molar-refractivity contribution in [3.05, 3.63) is 95.1 Å². The molecule has 2 heterocycles. The third-order valence-electron chi connectivity index (χ3n) is 5.36. The minimum atomic E-state index is -0.226. The van der Waals surface area contributed by atoms with E-state index in [1.54, 1.807) is 47.8 Å². The van der Waals surface area contributed by atoms with Gasteiger partial charge in [-0.3, -0.25) is 19.6 Å². The molecule has 0 saturated carbocycles. The molecule has 0 fully saturated rings. The number of anilines is 2. The van der Waals surface area contributed by atoms with Crippen LogP contribution in [0, 0.1) is 0 Å². The van der Waals surface area contributed by atoms with Gasteiger partial charge in [0.05, 0.1) is 10.1 Å². The molecule has 5 rings (SSSR count). The van der Waals surface area contributed by atoms with E-state index in [-0.39, 0.29) is 24.2 Å². The summed E-state index contributed by atoms with van der Waals surface area (Å²) in [4.78, 5) is 34.2. The third kappa shape index (κ3) is 6.14. The Hall–Kier alpha value is -3.07. The predicted octanol–water partition coefficient (Wildman–Crippen LogP) is 5.60. The normalized spacial score (nSPS) is 14.5. The summed E-state index contributed by atoms with van der Waals surface area (Å²) in [6, 6.07) is 22.0. The van der Waals surface area contributed by atoms with Crippen LogP contribution in [-0.4, -0.2) is 46.5 Å². The Balaban J connectivity index is 0.00000289. The highest BCUT2D eigenvalue weighted by Crippen LogP contribution is 2.22. The summed E-state index contributed by atoms with van der Waals surface area (Å²) in [5, 5.41) is 7.88. The van der Waals surface area contributed by atoms with Crippen LogP contribution in [0.5, 0.6) is 0 Å². The summed E-state index contributed by atoms with van der Waals surface area (Å²) in [6.07, 6.45) is 0. The van der Waals surface area contributed by atoms with E-state index in [0.29, 0.717) is 22.5 Å². The van der Waals surface area contributed by atoms with Gasteiger partial charge in [-0.15, -0.1) is 35.9 Å². The molecule has 35 heavy (non-hydrogen) atoms. The van der Waals surface area contributed by atoms with Gasteiger partial charge in [-0.2, -0.15) is 0 Å². The Morgan fingerprint density at radius 3 is 1.29 bits per heavy atom. The van der Waals surface area contributed by atoms with E-state index >= 15 is 0 Å². The smallest absolute Gasteiger partial charge is 0.255 e. The molecule has 2 aliphatic heterocycles. The van der Waals surface area contributed by atoms with Crippen LogP contribution in [0.2, 0.25) is 0 Å². The fourth-order valence-electron chi connectivity index (χ4n) is 3.59. The van der Waals surface area contributed by atoms with Crippen LogP contribution in [0.15, 0.2) is 82.8 Å². The van der Waals surface area contributed by atoms with Crippen LogP contribution in [-0.2, 0) is 0 Å². The average molecular weight is 523 g/mol. The molecule has 2 N–H and O–H groups in total. The SMILES string of the molecule is Cl.O=C(Nc1ccc(C2=NCCS2)cc1)c1ccc(C(=O)Nc2ccc(C3=NCCS3)cc2)cc1. The Morgan fingerprint density at radius 1 is 0.600 bits per heavy atom. The zero-order valence-corrected chi connectivity index (χ0v) is 21.1. The lowest BCUT2D eigenvalue weighted by atomic mass is 10.1. The second-order valence-corrected chi connectivity index (χ2v) is 9.88. The number of benzene rings is 3. The average Bonchev–Trinajstić information content (AvgIpc) is 3.60. The molecule has 3 aromatic rings. The van der Waals surface area contributed by atoms with Crippen LogP contribution in [0.3, 0.4) is 0 Å². The molecule has 0 aliphatic carbocycles. The summed E-state index contributed by atoms with van der Waals surface area (Å²) in [5.41, 5.74) is 4.52. The van der Waals surface area contributed by atoms with Crippen molar-refractivity contribution in [2.45, 2.75) is 0 Å². The molecule has 0 saturated heterocycles. The molecule has 178 valence electrons. The van der Waals surface area contributed by atoms with Gasteiger partial charge >= 0.3 is 0 Å². The van der Waals surface area contributed by atoms with Gasteiger partial charge in [-0.25, -0.2) is 0 Å². The maximum absolute atomic E-state index is 12.6. The molecule has 0 radical (unpaired) electrons. The third-order valence-corrected chi connectivity index (χ3v) is 7.41. The Bertz CT molecular complexity index is 1170. The van der Waals surface area contributed by atoms with Crippen molar-refractivity contribution >= 4 is 69.2 Å². The van der Waals surface area contributed by atoms with Crippen LogP contribution in [0.1, 0.15) is 31.8 Å². The number of amides is 2. The molecule has 0 unspecified atom stereocenters. The Kier molecular flexibility index (Phi) is 8.28. The molecule has 0 spiro atoms. The lowest BCUT2D eigenvalue weighted by Gasteiger charge is -2.09. The molecular formula is C26H23ClN4O2S2. The molecule has 2 aliphatic rings. The van der Waals surface area contributed by atoms with Gasteiger partial charge in [0, 0.05) is 58.2 Å². The number of nitrogens with zero attached hydrogens (tertiary/aromatic N) is 2. The lowest BCUT2D eigenvalue weighted by Crippen LogP contribution is -2.14. The monoisotopic (exact) mass is 522 g/mol. The van der Waals surface area contributed by atoms with Gasteiger partial charge in [0.15, 0.2) is 0 Å². The zero-order valence-electron chi connectivity index (χ0n) is 18.7. The number of hydrogen-bond donors (Lipinski definition) is 2. The maximum atomic E-state index is 12.6. The number of halogens is 1. The second kappa shape index (κ2) is 11.6. The predicted molar refractivity (Wildman–Crippen MR) is 150 cm³/mol. The largest absolute Gasteiger partial charge is 0.322 e. The quantitative estimate of drug-likeness (QED) is 0.441. The number of rotatable bonds is 6. The summed E-state index contributed by atoms with van der Waals surface area (Å²) in [6.45, 7) is 1.71. The molecule has 0 aromatic heterocycles. The molecule has 0 bridgehead atoms. The van der Waals surface area contributed by atoms with Gasteiger partial charge in [-0.05, 0) is 48.5 Å². The highest BCUT2D eigenvalue weighted by Gasteiger charge is 2.13. The van der Waals surface area contributed by atoms with Crippen molar-refractivity contribution in [3.8, 4) is 0 Å². The molecule has 9 heteroatoms. The summed E-state index contributed by atoms with van der Waals surface area (Å²) >= 11 is 3.49. The molecular weight excluding hydrogens is 500 g/mol. The van der Waals surface area contributed by atoms with Crippen molar-refractivity contribution in [1.29, 1.82) is 0 Å². The minimum Gasteiger partial charge on any atom is -0.322 e. The first-order valence-electron chi connectivity index (χ1n) is 10.9. The van der Waals surface area contributed by atoms with E-state index in [1.165, 1.54) is 0 Å². The van der Waals surface area contributed by atoms with Crippen LogP contribution < -0.4 is 10.6 Å². The fraction of sp³-hybridized carbons (Fsp3) is 0.154. The number of carbonyl (C=O) groups is 2. The fourth-order valence-corrected chi connectivity index (χ4v) is 5.31. The van der Waals surface area contributed by atoms with Crippen molar-refractivity contribution in [3.63, 3.8) is 0 Å². The van der Waals surface area contributed by atoms with Gasteiger partial charge in [0.1, 0.15) is 0 Å². The molecule has 6 nitrogen and oxygen atoms in total. The van der Waals surface area contributed by atoms with Crippen LogP contribution in [0.25, 0.3) is 0 Å². The second-order valence-electron chi connectivity index (χ2n) is 7.71. The van der Waals surface area contributed by atoms with E-state index in [1.807, 2.05) is 48.5 Å². The van der Waals surface area contributed by atoms with Crippen molar-refractivity contribution in [2.24, 2.45) is 9.98 Å². The minimum absolute atomic E-state index is 0. The first kappa shape index (κ1) is 25.0. The van der Waals surface area contributed by atoms with E-state index in [4.69, 9.17) is 0 Å². The van der Waals surface area contributed by atoms with Gasteiger partial charge in [-0.1, -0.05) is 24.3 Å². The Morgan fingerprint density at radius 2 is 0.971 bits per heavy atom. The summed E-state index contributed by atoms with van der Waals surface area (Å²) in [7, 11) is 0. The topological polar surface area (TPSA) is 82.9 Å². The van der Waals surface area contributed by atoms with E-state index in [0.717, 1.165) is 45.8 Å². The molecule has 0 atom stereocenters. The Labute approximate surface area is 218 Å². The van der Waals surface area contributed by atoms with Crippen LogP contribution >= 0.6 is 35.9 Å². The summed E-state index contributed by atoms with van der Waals surface area (Å²) < 4.78 is 0. The number of hydrogen-bond acceptors (Lipinski definition) is 6. The first-order valence-corrected chi connectivity index (χ1v) is 12.9. The van der Waals surface area contributed by atoms with Crippen molar-refractivity contribution in [1.82, 2.24) is 0 Å². The van der Waals surface area contributed by atoms with Gasteiger partial charge in [0.25, 0.3) is 11.8 Å². The highest BCUT2D eigenvalue weighted by atomic mass is 35.5. The lowest BCUT2D eigenvalue weighted by molar-refractivity contribution is 0.101. The summed E-state index contributed by atoms with van der Waals surface area (Å²) in [5.74, 6) is 1.58. The molecule has 2 amide bonds. The highest BCUT2D eigenvalue weighted by molar-refractivity contribution is 8.15. The standard InChI is InChI=1S/C26H22N4O2S2.ClH/c31-23(29-21-9-5-19(6-10-21)25-27-13-15-33-25)17-1-2-18(4-3-17)24(32)30-22-11-7-20(8-12-22)26-28-14-16-34-26;/h1-12H,13-16H2,(H,29,31)(H,30,32);1H. The molecule has 3 aromatic carbocycles. The number of carbonyl (C=O) groups excluding carboxylic acids is 2.